The highest BCUT2D eigenvalue weighted by Crippen LogP contribution is 2.29. The van der Waals surface area contributed by atoms with Gasteiger partial charge in [0.05, 0.1) is 0 Å². The fraction of sp³-hybridized carbons (Fsp3) is 0.889. The van der Waals surface area contributed by atoms with Crippen molar-refractivity contribution in [3.63, 3.8) is 0 Å². The molecule has 1 N–H and O–H groups in total. The maximum atomic E-state index is 5.42. The topological polar surface area (TPSA) is 15.3 Å². The molecule has 0 radical (unpaired) electrons. The number of unbranched alkanes of at least 4 members (excludes halogenated alkanes) is 1. The van der Waals surface area contributed by atoms with Gasteiger partial charge in [-0.1, -0.05) is 20.3 Å². The molecule has 0 aromatic heterocycles. The Hall–Kier alpha value is -0.520. The van der Waals surface area contributed by atoms with E-state index in [-0.39, 0.29) is 5.54 Å². The van der Waals surface area contributed by atoms with Crippen LogP contribution in [-0.4, -0.2) is 36.1 Å². The Kier molecular flexibility index (Phi) is 8.26. The van der Waals surface area contributed by atoms with E-state index in [1.807, 2.05) is 0 Å². The number of hydrogen-bond donors (Lipinski definition) is 1. The molecule has 0 bridgehead atoms. The quantitative estimate of drug-likeness (QED) is 0.509. The third kappa shape index (κ3) is 4.79. The highest BCUT2D eigenvalue weighted by atomic mass is 15.2. The summed E-state index contributed by atoms with van der Waals surface area (Å²) < 4.78 is 0. The summed E-state index contributed by atoms with van der Waals surface area (Å²) in [7, 11) is 0. The smallest absolute Gasteiger partial charge is 0.0331 e. The summed E-state index contributed by atoms with van der Waals surface area (Å²) in [6.07, 6.45) is 15.2. The molecule has 1 saturated heterocycles. The number of nitrogens with one attached hydrogen (secondary N) is 1. The van der Waals surface area contributed by atoms with E-state index >= 15 is 0 Å². The van der Waals surface area contributed by atoms with E-state index in [9.17, 15) is 0 Å². The van der Waals surface area contributed by atoms with Gasteiger partial charge >= 0.3 is 0 Å². The van der Waals surface area contributed by atoms with Gasteiger partial charge in [0.15, 0.2) is 0 Å². The van der Waals surface area contributed by atoms with Gasteiger partial charge in [0.2, 0.25) is 0 Å². The first-order valence-corrected chi connectivity index (χ1v) is 8.61. The van der Waals surface area contributed by atoms with E-state index in [1.165, 1.54) is 51.6 Å². The molecule has 2 unspecified atom stereocenters. The molecule has 20 heavy (non-hydrogen) atoms. The van der Waals surface area contributed by atoms with Crippen LogP contribution in [-0.2, 0) is 0 Å². The van der Waals surface area contributed by atoms with Crippen molar-refractivity contribution in [3.05, 3.63) is 0 Å². The van der Waals surface area contributed by atoms with Crippen molar-refractivity contribution in [2.24, 2.45) is 0 Å². The summed E-state index contributed by atoms with van der Waals surface area (Å²) in [5.74, 6) is 2.79. The van der Waals surface area contributed by atoms with Crippen molar-refractivity contribution in [2.45, 2.75) is 83.7 Å². The predicted molar refractivity (Wildman–Crippen MR) is 88.9 cm³/mol. The van der Waals surface area contributed by atoms with E-state index in [2.05, 4.69) is 36.9 Å². The molecule has 0 aliphatic carbocycles. The lowest BCUT2D eigenvalue weighted by molar-refractivity contribution is 0.0397. The number of piperidine rings is 1. The summed E-state index contributed by atoms with van der Waals surface area (Å²) in [4.78, 5) is 2.74. The molecular formula is C18H34N2. The molecule has 2 atom stereocenters. The van der Waals surface area contributed by atoms with E-state index in [4.69, 9.17) is 6.42 Å². The lowest BCUT2D eigenvalue weighted by atomic mass is 9.82. The Balaban J connectivity index is 2.72. The molecule has 1 rings (SSSR count). The van der Waals surface area contributed by atoms with Crippen molar-refractivity contribution in [3.8, 4) is 12.3 Å². The van der Waals surface area contributed by atoms with Gasteiger partial charge in [-0.25, -0.2) is 0 Å². The maximum absolute atomic E-state index is 5.42. The fourth-order valence-corrected chi connectivity index (χ4v) is 3.45. The minimum atomic E-state index is 0.282. The van der Waals surface area contributed by atoms with Crippen LogP contribution in [0.15, 0.2) is 0 Å². The van der Waals surface area contributed by atoms with Gasteiger partial charge in [-0.3, -0.25) is 4.90 Å². The minimum absolute atomic E-state index is 0.282. The molecule has 0 spiro atoms. The zero-order valence-electron chi connectivity index (χ0n) is 13.9. The maximum Gasteiger partial charge on any atom is 0.0331 e. The van der Waals surface area contributed by atoms with Crippen LogP contribution < -0.4 is 5.32 Å². The first-order valence-electron chi connectivity index (χ1n) is 8.61. The van der Waals surface area contributed by atoms with E-state index < -0.39 is 0 Å². The van der Waals surface area contributed by atoms with Crippen LogP contribution in [0.5, 0.6) is 0 Å². The number of rotatable bonds is 9. The van der Waals surface area contributed by atoms with Crippen molar-refractivity contribution < 1.29 is 0 Å². The molecule has 0 amide bonds. The average Bonchev–Trinajstić information content (AvgIpc) is 2.51. The van der Waals surface area contributed by atoms with Gasteiger partial charge in [-0.2, -0.15) is 0 Å². The number of likely N-dealkylation sites (tertiary alicyclic amines) is 1. The second-order valence-corrected chi connectivity index (χ2v) is 6.36. The normalized spacial score (nSPS) is 21.1. The summed E-state index contributed by atoms with van der Waals surface area (Å²) in [6, 6.07) is 0.568. The van der Waals surface area contributed by atoms with Crippen molar-refractivity contribution in [1.82, 2.24) is 10.2 Å². The zero-order valence-corrected chi connectivity index (χ0v) is 13.9. The minimum Gasteiger partial charge on any atom is -0.312 e. The first-order chi connectivity index (χ1) is 9.69. The predicted octanol–water partition coefficient (Wildman–Crippen LogP) is 3.81. The van der Waals surface area contributed by atoms with Crippen molar-refractivity contribution >= 4 is 0 Å². The molecule has 1 aliphatic heterocycles. The molecule has 116 valence electrons. The molecule has 1 fully saturated rings. The lowest BCUT2D eigenvalue weighted by Crippen LogP contribution is -2.60. The van der Waals surface area contributed by atoms with Crippen LogP contribution in [0.2, 0.25) is 0 Å². The van der Waals surface area contributed by atoms with Crippen LogP contribution in [0.1, 0.15) is 72.1 Å². The summed E-state index contributed by atoms with van der Waals surface area (Å²) in [6.45, 7) is 10.7. The Morgan fingerprint density at radius 3 is 2.50 bits per heavy atom. The second-order valence-electron chi connectivity index (χ2n) is 6.36. The molecule has 0 aromatic rings. The van der Waals surface area contributed by atoms with Crippen LogP contribution in [0.3, 0.4) is 0 Å². The van der Waals surface area contributed by atoms with Crippen LogP contribution >= 0.6 is 0 Å². The van der Waals surface area contributed by atoms with E-state index in [1.54, 1.807) is 0 Å². The van der Waals surface area contributed by atoms with Gasteiger partial charge in [-0.15, -0.1) is 12.3 Å². The Morgan fingerprint density at radius 1 is 1.25 bits per heavy atom. The highest BCUT2D eigenvalue weighted by molar-refractivity contribution is 4.98. The summed E-state index contributed by atoms with van der Waals surface area (Å²) >= 11 is 0. The number of terminal acetylenes is 1. The molecule has 1 aliphatic rings. The molecule has 2 nitrogen and oxygen atoms in total. The molecule has 0 saturated carbocycles. The van der Waals surface area contributed by atoms with Gasteiger partial charge < -0.3 is 5.32 Å². The molecular weight excluding hydrogens is 244 g/mol. The van der Waals surface area contributed by atoms with Gasteiger partial charge in [-0.05, 0) is 65.1 Å². The number of hydrogen-bond acceptors (Lipinski definition) is 2. The monoisotopic (exact) mass is 278 g/mol. The van der Waals surface area contributed by atoms with Crippen LogP contribution in [0.25, 0.3) is 0 Å². The van der Waals surface area contributed by atoms with Crippen LogP contribution in [0, 0.1) is 12.3 Å². The second kappa shape index (κ2) is 9.42. The zero-order chi connectivity index (χ0) is 14.8. The third-order valence-electron chi connectivity index (χ3n) is 5.00. The Morgan fingerprint density at radius 2 is 1.95 bits per heavy atom. The summed E-state index contributed by atoms with van der Waals surface area (Å²) in [5.41, 5.74) is 0.282. The lowest BCUT2D eigenvalue weighted by Gasteiger charge is -2.48. The Labute approximate surface area is 126 Å². The van der Waals surface area contributed by atoms with Crippen molar-refractivity contribution in [1.29, 1.82) is 0 Å². The molecule has 1 heterocycles. The highest BCUT2D eigenvalue weighted by Gasteiger charge is 2.37. The molecule has 2 heteroatoms. The van der Waals surface area contributed by atoms with Gasteiger partial charge in [0.25, 0.3) is 0 Å². The number of nitrogens with zero attached hydrogens (tertiary/aromatic N) is 1. The summed E-state index contributed by atoms with van der Waals surface area (Å²) in [5, 5.41) is 3.81. The van der Waals surface area contributed by atoms with E-state index in [0.29, 0.717) is 6.04 Å². The van der Waals surface area contributed by atoms with Crippen LogP contribution in [0.4, 0.5) is 0 Å². The standard InChI is InChI=1S/C18H34N2/c1-5-8-10-13-17(19-14-6-2)18(4,7-3)20-15-11-9-12-16-20/h1,17,19H,6-16H2,2-4H3. The Bertz CT molecular complexity index is 288. The third-order valence-corrected chi connectivity index (χ3v) is 5.00. The first kappa shape index (κ1) is 17.5. The average molecular weight is 278 g/mol. The van der Waals surface area contributed by atoms with Crippen molar-refractivity contribution in [2.75, 3.05) is 19.6 Å². The molecule has 0 aromatic carbocycles. The SMILES string of the molecule is C#CCCCC(NCCC)C(C)(CC)N1CCCCC1. The van der Waals surface area contributed by atoms with Gasteiger partial charge in [0, 0.05) is 18.0 Å². The fourth-order valence-electron chi connectivity index (χ4n) is 3.45. The largest absolute Gasteiger partial charge is 0.312 e. The van der Waals surface area contributed by atoms with E-state index in [0.717, 1.165) is 19.4 Å². The van der Waals surface area contributed by atoms with Gasteiger partial charge in [0.1, 0.15) is 0 Å².